The second-order valence-electron chi connectivity index (χ2n) is 4.38. The third-order valence-electron chi connectivity index (χ3n) is 2.22. The van der Waals surface area contributed by atoms with Gasteiger partial charge in [0.15, 0.2) is 0 Å². The Hall–Kier alpha value is -0.130. The second-order valence-corrected chi connectivity index (χ2v) is 6.64. The lowest BCUT2D eigenvalue weighted by Gasteiger charge is -2.21. The molecule has 0 saturated carbocycles. The molecule has 0 aromatic rings. The number of hydrogen-bond donors (Lipinski definition) is 1. The Labute approximate surface area is 93.2 Å². The highest BCUT2D eigenvalue weighted by Crippen LogP contribution is 2.02. The monoisotopic (exact) mass is 237 g/mol. The van der Waals surface area contributed by atoms with Gasteiger partial charge in [0.2, 0.25) is 0 Å². The van der Waals surface area contributed by atoms with Gasteiger partial charge >= 0.3 is 0 Å². The van der Waals surface area contributed by atoms with Gasteiger partial charge in [-0.05, 0) is 18.9 Å². The molecule has 0 aromatic carbocycles. The zero-order valence-electron chi connectivity index (χ0n) is 9.94. The van der Waals surface area contributed by atoms with E-state index in [-0.39, 0.29) is 12.4 Å². The van der Waals surface area contributed by atoms with Gasteiger partial charge in [-0.2, -0.15) is 0 Å². The largest absolute Gasteiger partial charge is 0.395 e. The first-order chi connectivity index (χ1) is 6.85. The molecule has 0 spiro atoms. The van der Waals surface area contributed by atoms with Crippen LogP contribution in [0.4, 0.5) is 0 Å². The lowest BCUT2D eigenvalue weighted by atomic mass is 10.1. The summed E-state index contributed by atoms with van der Waals surface area (Å²) in [5.41, 5.74) is 0. The van der Waals surface area contributed by atoms with Crippen LogP contribution in [0.15, 0.2) is 0 Å². The first-order valence-corrected chi connectivity index (χ1v) is 7.42. The first kappa shape index (κ1) is 14.9. The van der Waals surface area contributed by atoms with Gasteiger partial charge in [-0.3, -0.25) is 0 Å². The molecule has 0 aliphatic carbocycles. The lowest BCUT2D eigenvalue weighted by molar-refractivity contribution is 0.196. The van der Waals surface area contributed by atoms with E-state index in [0.29, 0.717) is 19.0 Å². The van der Waals surface area contributed by atoms with Gasteiger partial charge in [-0.1, -0.05) is 13.8 Å². The molecule has 0 saturated heterocycles. The maximum absolute atomic E-state index is 11.0. The van der Waals surface area contributed by atoms with Crippen molar-refractivity contribution in [2.45, 2.75) is 20.3 Å². The van der Waals surface area contributed by atoms with Crippen molar-refractivity contribution in [2.24, 2.45) is 5.92 Å². The van der Waals surface area contributed by atoms with Crippen molar-refractivity contribution in [3.8, 4) is 0 Å². The van der Waals surface area contributed by atoms with Crippen LogP contribution in [-0.4, -0.2) is 56.7 Å². The van der Waals surface area contributed by atoms with Crippen molar-refractivity contribution in [2.75, 3.05) is 38.2 Å². The van der Waals surface area contributed by atoms with Crippen LogP contribution in [0.5, 0.6) is 0 Å². The highest BCUT2D eigenvalue weighted by atomic mass is 32.2. The zero-order valence-corrected chi connectivity index (χ0v) is 10.8. The summed E-state index contributed by atoms with van der Waals surface area (Å²) in [7, 11) is -2.90. The Morgan fingerprint density at radius 1 is 1.20 bits per heavy atom. The van der Waals surface area contributed by atoms with Crippen LogP contribution in [0, 0.1) is 5.92 Å². The molecular weight excluding hydrogens is 214 g/mol. The van der Waals surface area contributed by atoms with Crippen LogP contribution in [-0.2, 0) is 9.84 Å². The van der Waals surface area contributed by atoms with Crippen molar-refractivity contribution in [1.82, 2.24) is 4.90 Å². The normalized spacial score (nSPS) is 12.7. The molecule has 0 fully saturated rings. The van der Waals surface area contributed by atoms with Crippen molar-refractivity contribution < 1.29 is 13.5 Å². The molecule has 0 aromatic heterocycles. The van der Waals surface area contributed by atoms with E-state index >= 15 is 0 Å². The summed E-state index contributed by atoms with van der Waals surface area (Å²) in [6, 6.07) is 0. The fourth-order valence-electron chi connectivity index (χ4n) is 1.21. The molecule has 92 valence electrons. The number of aliphatic hydroxyl groups excluding tert-OH is 1. The smallest absolute Gasteiger partial charge is 0.148 e. The number of sulfone groups is 1. The molecule has 1 N–H and O–H groups in total. The molecule has 0 atom stereocenters. The van der Waals surface area contributed by atoms with E-state index in [1.54, 1.807) is 0 Å². The van der Waals surface area contributed by atoms with Gasteiger partial charge < -0.3 is 10.0 Å². The molecule has 0 aliphatic rings. The van der Waals surface area contributed by atoms with Crippen molar-refractivity contribution >= 4 is 9.84 Å². The lowest BCUT2D eigenvalue weighted by Crippen LogP contribution is -2.33. The van der Waals surface area contributed by atoms with Crippen molar-refractivity contribution in [1.29, 1.82) is 0 Å². The summed E-state index contributed by atoms with van der Waals surface area (Å²) in [4.78, 5) is 2.00. The average molecular weight is 237 g/mol. The van der Waals surface area contributed by atoms with E-state index in [1.165, 1.54) is 6.26 Å². The minimum absolute atomic E-state index is 0.0852. The van der Waals surface area contributed by atoms with Crippen LogP contribution in [0.1, 0.15) is 20.3 Å². The minimum Gasteiger partial charge on any atom is -0.395 e. The topological polar surface area (TPSA) is 57.6 Å². The Morgan fingerprint density at radius 3 is 2.20 bits per heavy atom. The highest BCUT2D eigenvalue weighted by Gasteiger charge is 2.09. The molecule has 0 rings (SSSR count). The molecular formula is C10H23NO3S. The standard InChI is InChI=1S/C10H23NO3S/c1-10(2)4-5-11(6-8-12)7-9-15(3,13)14/h10,12H,4-9H2,1-3H3. The molecule has 0 radical (unpaired) electrons. The Morgan fingerprint density at radius 2 is 1.80 bits per heavy atom. The third kappa shape index (κ3) is 10.2. The number of hydrogen-bond acceptors (Lipinski definition) is 4. The molecule has 0 bridgehead atoms. The third-order valence-corrected chi connectivity index (χ3v) is 3.14. The van der Waals surface area contributed by atoms with Gasteiger partial charge in [0, 0.05) is 19.3 Å². The van der Waals surface area contributed by atoms with Gasteiger partial charge in [-0.25, -0.2) is 8.42 Å². The molecule has 0 amide bonds. The molecule has 0 unspecified atom stereocenters. The maximum atomic E-state index is 11.0. The minimum atomic E-state index is -2.90. The van der Waals surface area contributed by atoms with Crippen LogP contribution in [0.25, 0.3) is 0 Å². The summed E-state index contributed by atoms with van der Waals surface area (Å²) >= 11 is 0. The maximum Gasteiger partial charge on any atom is 0.148 e. The summed E-state index contributed by atoms with van der Waals surface area (Å²) in [5, 5.41) is 8.84. The fraction of sp³-hybridized carbons (Fsp3) is 1.00. The predicted molar refractivity (Wildman–Crippen MR) is 62.7 cm³/mol. The van der Waals surface area contributed by atoms with Crippen LogP contribution in [0.2, 0.25) is 0 Å². The van der Waals surface area contributed by atoms with Crippen molar-refractivity contribution in [3.63, 3.8) is 0 Å². The molecule has 5 heteroatoms. The van der Waals surface area contributed by atoms with Gasteiger partial charge in [-0.15, -0.1) is 0 Å². The van der Waals surface area contributed by atoms with Crippen LogP contribution in [0.3, 0.4) is 0 Å². The zero-order chi connectivity index (χ0) is 11.9. The van der Waals surface area contributed by atoms with E-state index in [1.807, 2.05) is 4.90 Å². The van der Waals surface area contributed by atoms with Crippen molar-refractivity contribution in [3.05, 3.63) is 0 Å². The van der Waals surface area contributed by atoms with E-state index in [9.17, 15) is 8.42 Å². The Kier molecular flexibility index (Phi) is 7.13. The fourth-order valence-corrected chi connectivity index (χ4v) is 1.80. The summed E-state index contributed by atoms with van der Waals surface area (Å²) in [6.07, 6.45) is 2.27. The van der Waals surface area contributed by atoms with E-state index in [4.69, 9.17) is 5.11 Å². The van der Waals surface area contributed by atoms with Gasteiger partial charge in [0.05, 0.1) is 12.4 Å². The van der Waals surface area contributed by atoms with E-state index in [0.717, 1.165) is 13.0 Å². The first-order valence-electron chi connectivity index (χ1n) is 5.36. The predicted octanol–water partition coefficient (Wildman–Crippen LogP) is 0.371. The molecule has 15 heavy (non-hydrogen) atoms. The van der Waals surface area contributed by atoms with Gasteiger partial charge in [0.25, 0.3) is 0 Å². The van der Waals surface area contributed by atoms with Gasteiger partial charge in [0.1, 0.15) is 9.84 Å². The molecule has 4 nitrogen and oxygen atoms in total. The summed E-state index contributed by atoms with van der Waals surface area (Å²) < 4.78 is 22.0. The molecule has 0 heterocycles. The summed E-state index contributed by atoms with van der Waals surface area (Å²) in [5.74, 6) is 0.773. The molecule has 0 aliphatic heterocycles. The van der Waals surface area contributed by atoms with Crippen LogP contribution < -0.4 is 0 Å². The average Bonchev–Trinajstić information content (AvgIpc) is 2.08. The number of aliphatic hydroxyl groups is 1. The SMILES string of the molecule is CC(C)CCN(CCO)CCS(C)(=O)=O. The Bertz CT molecular complexity index is 249. The summed E-state index contributed by atoms with van der Waals surface area (Å²) in [6.45, 7) is 6.28. The Balaban J connectivity index is 3.93. The van der Waals surface area contributed by atoms with Crippen LogP contribution >= 0.6 is 0 Å². The number of rotatable bonds is 8. The van der Waals surface area contributed by atoms with E-state index < -0.39 is 9.84 Å². The second kappa shape index (κ2) is 7.19. The van der Waals surface area contributed by atoms with E-state index in [2.05, 4.69) is 13.8 Å². The highest BCUT2D eigenvalue weighted by molar-refractivity contribution is 7.90. The number of nitrogens with zero attached hydrogens (tertiary/aromatic N) is 1. The quantitative estimate of drug-likeness (QED) is 0.663.